The molecule has 0 unspecified atom stereocenters. The molecule has 1 heterocycles. The third-order valence-corrected chi connectivity index (χ3v) is 3.74. The maximum absolute atomic E-state index is 6.19. The van der Waals surface area contributed by atoms with Gasteiger partial charge in [-0.25, -0.2) is 0 Å². The van der Waals surface area contributed by atoms with Gasteiger partial charge in [0, 0.05) is 12.6 Å². The van der Waals surface area contributed by atoms with E-state index in [9.17, 15) is 0 Å². The van der Waals surface area contributed by atoms with Gasteiger partial charge in [0.2, 0.25) is 0 Å². The Kier molecular flexibility index (Phi) is 5.22. The molecule has 0 saturated carbocycles. The Labute approximate surface area is 121 Å². The summed E-state index contributed by atoms with van der Waals surface area (Å²) < 4.78 is 1.80. The van der Waals surface area contributed by atoms with Crippen LogP contribution in [0.25, 0.3) is 11.1 Å². The van der Waals surface area contributed by atoms with Crippen molar-refractivity contribution < 1.29 is 0 Å². The summed E-state index contributed by atoms with van der Waals surface area (Å²) >= 11 is 0. The molecular weight excluding hydrogens is 246 g/mol. The zero-order chi connectivity index (χ0) is 14.4. The number of benzene rings is 1. The Morgan fingerprint density at radius 2 is 1.75 bits per heavy atom. The summed E-state index contributed by atoms with van der Waals surface area (Å²) in [7, 11) is 1.92. The molecule has 0 aliphatic carbocycles. The van der Waals surface area contributed by atoms with Gasteiger partial charge < -0.3 is 5.73 Å². The molecule has 0 spiro atoms. The van der Waals surface area contributed by atoms with Crippen molar-refractivity contribution in [1.29, 1.82) is 0 Å². The minimum Gasteiger partial charge on any atom is -0.383 e. The van der Waals surface area contributed by atoms with Crippen molar-refractivity contribution in [2.45, 2.75) is 45.4 Å². The smallest absolute Gasteiger partial charge is 0.129 e. The van der Waals surface area contributed by atoms with Crippen LogP contribution in [0.4, 0.5) is 5.82 Å². The Bertz CT molecular complexity index is 529. The minimum atomic E-state index is 0.764. The van der Waals surface area contributed by atoms with Crippen LogP contribution in [0.5, 0.6) is 0 Å². The average molecular weight is 271 g/mol. The zero-order valence-corrected chi connectivity index (χ0v) is 12.6. The quantitative estimate of drug-likeness (QED) is 0.768. The van der Waals surface area contributed by atoms with E-state index in [-0.39, 0.29) is 0 Å². The summed E-state index contributed by atoms with van der Waals surface area (Å²) in [5.41, 5.74) is 9.60. The number of aromatic nitrogens is 2. The molecular formula is C17H25N3. The molecule has 1 aromatic heterocycles. The fourth-order valence-corrected chi connectivity index (χ4v) is 2.58. The van der Waals surface area contributed by atoms with Gasteiger partial charge in [-0.2, -0.15) is 5.10 Å². The molecule has 0 amide bonds. The van der Waals surface area contributed by atoms with Gasteiger partial charge in [-0.3, -0.25) is 4.68 Å². The molecule has 0 aliphatic rings. The van der Waals surface area contributed by atoms with Crippen LogP contribution < -0.4 is 5.73 Å². The van der Waals surface area contributed by atoms with E-state index in [4.69, 9.17) is 5.73 Å². The second kappa shape index (κ2) is 7.13. The maximum Gasteiger partial charge on any atom is 0.129 e. The van der Waals surface area contributed by atoms with E-state index in [0.29, 0.717) is 0 Å². The van der Waals surface area contributed by atoms with Crippen molar-refractivity contribution in [1.82, 2.24) is 9.78 Å². The summed E-state index contributed by atoms with van der Waals surface area (Å²) in [4.78, 5) is 0. The molecule has 108 valence electrons. The molecule has 0 radical (unpaired) electrons. The van der Waals surface area contributed by atoms with Gasteiger partial charge in [-0.1, -0.05) is 62.9 Å². The Balaban J connectivity index is 2.11. The van der Waals surface area contributed by atoms with Crippen LogP contribution in [0, 0.1) is 0 Å². The number of nitrogens with two attached hydrogens (primary N) is 1. The zero-order valence-electron chi connectivity index (χ0n) is 12.6. The van der Waals surface area contributed by atoms with Crippen LogP contribution in [0.3, 0.4) is 0 Å². The lowest BCUT2D eigenvalue weighted by Crippen LogP contribution is -1.97. The normalized spacial score (nSPS) is 10.9. The molecule has 3 heteroatoms. The first-order chi connectivity index (χ1) is 9.74. The molecule has 1 aromatic carbocycles. The molecule has 0 atom stereocenters. The third kappa shape index (κ3) is 3.41. The van der Waals surface area contributed by atoms with E-state index in [1.165, 1.54) is 37.7 Å². The van der Waals surface area contributed by atoms with Crippen LogP contribution in [0.1, 0.15) is 44.7 Å². The molecule has 0 aliphatic heterocycles. The highest BCUT2D eigenvalue weighted by Crippen LogP contribution is 2.30. The summed E-state index contributed by atoms with van der Waals surface area (Å²) in [5, 5.41) is 4.60. The van der Waals surface area contributed by atoms with Crippen molar-refractivity contribution in [3.8, 4) is 11.1 Å². The molecule has 0 bridgehead atoms. The van der Waals surface area contributed by atoms with Gasteiger partial charge in [-0.05, 0) is 18.4 Å². The number of anilines is 1. The molecule has 0 saturated heterocycles. The molecule has 20 heavy (non-hydrogen) atoms. The lowest BCUT2D eigenvalue weighted by molar-refractivity contribution is 0.623. The molecule has 2 rings (SSSR count). The van der Waals surface area contributed by atoms with Crippen LogP contribution in [-0.2, 0) is 13.5 Å². The SMILES string of the molecule is CCCCCCCc1nn(C)c(N)c1-c1ccccc1. The molecule has 2 N–H and O–H groups in total. The fraction of sp³-hybridized carbons (Fsp3) is 0.471. The second-order valence-corrected chi connectivity index (χ2v) is 5.36. The number of nitrogen functional groups attached to an aromatic ring is 1. The summed E-state index contributed by atoms with van der Waals surface area (Å²) in [5.74, 6) is 0.764. The van der Waals surface area contributed by atoms with E-state index in [1.54, 1.807) is 4.68 Å². The van der Waals surface area contributed by atoms with E-state index in [0.717, 1.165) is 23.5 Å². The Hall–Kier alpha value is -1.77. The largest absolute Gasteiger partial charge is 0.383 e. The molecule has 0 fully saturated rings. The highest BCUT2D eigenvalue weighted by Gasteiger charge is 2.14. The highest BCUT2D eigenvalue weighted by atomic mass is 15.3. The van der Waals surface area contributed by atoms with Crippen molar-refractivity contribution in [2.75, 3.05) is 5.73 Å². The van der Waals surface area contributed by atoms with E-state index in [2.05, 4.69) is 24.2 Å². The van der Waals surface area contributed by atoms with E-state index in [1.807, 2.05) is 25.2 Å². The first-order valence-corrected chi connectivity index (χ1v) is 7.60. The number of nitrogens with zero attached hydrogens (tertiary/aromatic N) is 2. The number of rotatable bonds is 7. The number of aryl methyl sites for hydroxylation is 2. The van der Waals surface area contributed by atoms with Crippen molar-refractivity contribution in [2.24, 2.45) is 7.05 Å². The van der Waals surface area contributed by atoms with Crippen LogP contribution in [0.15, 0.2) is 30.3 Å². The van der Waals surface area contributed by atoms with Crippen LogP contribution >= 0.6 is 0 Å². The Morgan fingerprint density at radius 3 is 2.45 bits per heavy atom. The number of unbranched alkanes of at least 4 members (excludes halogenated alkanes) is 4. The third-order valence-electron chi connectivity index (χ3n) is 3.74. The first-order valence-electron chi connectivity index (χ1n) is 7.60. The highest BCUT2D eigenvalue weighted by molar-refractivity contribution is 5.76. The lowest BCUT2D eigenvalue weighted by Gasteiger charge is -2.04. The van der Waals surface area contributed by atoms with Gasteiger partial charge in [0.15, 0.2) is 0 Å². The predicted molar refractivity (Wildman–Crippen MR) is 85.5 cm³/mol. The van der Waals surface area contributed by atoms with Crippen LogP contribution in [0.2, 0.25) is 0 Å². The van der Waals surface area contributed by atoms with Gasteiger partial charge in [0.05, 0.1) is 5.69 Å². The summed E-state index contributed by atoms with van der Waals surface area (Å²) in [6.45, 7) is 2.24. The van der Waals surface area contributed by atoms with Gasteiger partial charge in [-0.15, -0.1) is 0 Å². The standard InChI is InChI=1S/C17H25N3/c1-3-4-5-6-10-13-15-16(17(18)20(2)19-15)14-11-8-7-9-12-14/h7-9,11-12H,3-6,10,13,18H2,1-2H3. The van der Waals surface area contributed by atoms with E-state index < -0.39 is 0 Å². The van der Waals surface area contributed by atoms with Crippen molar-refractivity contribution in [3.63, 3.8) is 0 Å². The molecule has 2 aromatic rings. The molecule has 3 nitrogen and oxygen atoms in total. The first kappa shape index (κ1) is 14.6. The fourth-order valence-electron chi connectivity index (χ4n) is 2.58. The topological polar surface area (TPSA) is 43.8 Å². The van der Waals surface area contributed by atoms with Crippen molar-refractivity contribution in [3.05, 3.63) is 36.0 Å². The monoisotopic (exact) mass is 271 g/mol. The average Bonchev–Trinajstić information content (AvgIpc) is 2.75. The van der Waals surface area contributed by atoms with Gasteiger partial charge >= 0.3 is 0 Å². The second-order valence-electron chi connectivity index (χ2n) is 5.36. The van der Waals surface area contributed by atoms with Gasteiger partial charge in [0.1, 0.15) is 5.82 Å². The Morgan fingerprint density at radius 1 is 1.05 bits per heavy atom. The number of hydrogen-bond acceptors (Lipinski definition) is 2. The lowest BCUT2D eigenvalue weighted by atomic mass is 10.0. The van der Waals surface area contributed by atoms with E-state index >= 15 is 0 Å². The number of hydrogen-bond donors (Lipinski definition) is 1. The summed E-state index contributed by atoms with van der Waals surface area (Å²) in [6.07, 6.45) is 7.41. The van der Waals surface area contributed by atoms with Gasteiger partial charge in [0.25, 0.3) is 0 Å². The maximum atomic E-state index is 6.19. The predicted octanol–water partition coefficient (Wildman–Crippen LogP) is 4.18. The van der Waals surface area contributed by atoms with Crippen molar-refractivity contribution >= 4 is 5.82 Å². The minimum absolute atomic E-state index is 0.764. The summed E-state index contributed by atoms with van der Waals surface area (Å²) in [6, 6.07) is 10.3. The van der Waals surface area contributed by atoms with Crippen LogP contribution in [-0.4, -0.2) is 9.78 Å².